The number of rotatable bonds is 3. The molecule has 0 spiro atoms. The summed E-state index contributed by atoms with van der Waals surface area (Å²) in [5, 5.41) is 28.2. The molecule has 2 N–H and O–H groups in total. The van der Waals surface area contributed by atoms with E-state index in [1.165, 1.54) is 19.2 Å². The molecule has 14 heavy (non-hydrogen) atoms. The first-order valence-corrected chi connectivity index (χ1v) is 3.74. The molecular weight excluding hydrogens is 189 g/mol. The van der Waals surface area contributed by atoms with Crippen LogP contribution in [0.4, 0.5) is 5.69 Å². The van der Waals surface area contributed by atoms with Gasteiger partial charge in [0, 0.05) is 6.07 Å². The second-order valence-electron chi connectivity index (χ2n) is 2.56. The van der Waals surface area contributed by atoms with Gasteiger partial charge in [-0.3, -0.25) is 10.1 Å². The Morgan fingerprint density at radius 1 is 1.50 bits per heavy atom. The minimum Gasteiger partial charge on any atom is -0.497 e. The summed E-state index contributed by atoms with van der Waals surface area (Å²) in [6.07, 6.45) is 0. The number of hydrogen-bond acceptors (Lipinski definition) is 5. The fourth-order valence-electron chi connectivity index (χ4n) is 1.03. The first-order valence-electron chi connectivity index (χ1n) is 3.74. The first-order chi connectivity index (χ1) is 6.56. The third-order valence-electron chi connectivity index (χ3n) is 1.71. The fourth-order valence-corrected chi connectivity index (χ4v) is 1.03. The van der Waals surface area contributed by atoms with Crippen molar-refractivity contribution in [2.75, 3.05) is 7.11 Å². The Balaban J connectivity index is 3.24. The smallest absolute Gasteiger partial charge is 0.495 e. The molecule has 0 saturated heterocycles. The minimum absolute atomic E-state index is 0.186. The molecule has 74 valence electrons. The number of benzene rings is 1. The maximum Gasteiger partial charge on any atom is 0.495 e. The van der Waals surface area contributed by atoms with Crippen LogP contribution in [0.15, 0.2) is 18.2 Å². The van der Waals surface area contributed by atoms with Crippen molar-refractivity contribution in [3.8, 4) is 5.75 Å². The van der Waals surface area contributed by atoms with E-state index in [2.05, 4.69) is 0 Å². The lowest BCUT2D eigenvalue weighted by Crippen LogP contribution is -2.32. The zero-order valence-electron chi connectivity index (χ0n) is 7.38. The predicted octanol–water partition coefficient (Wildman–Crippen LogP) is -0.717. The van der Waals surface area contributed by atoms with Crippen LogP contribution in [-0.2, 0) is 0 Å². The summed E-state index contributed by atoms with van der Waals surface area (Å²) in [6, 6.07) is 3.75. The highest BCUT2D eigenvalue weighted by molar-refractivity contribution is 6.60. The van der Waals surface area contributed by atoms with Gasteiger partial charge in [-0.25, -0.2) is 0 Å². The molecule has 0 unspecified atom stereocenters. The molecule has 0 atom stereocenters. The van der Waals surface area contributed by atoms with Crippen molar-refractivity contribution in [3.05, 3.63) is 28.3 Å². The van der Waals surface area contributed by atoms with Crippen molar-refractivity contribution in [2.45, 2.75) is 0 Å². The molecule has 0 aliphatic heterocycles. The highest BCUT2D eigenvalue weighted by Crippen LogP contribution is 2.15. The van der Waals surface area contributed by atoms with Crippen LogP contribution in [0.2, 0.25) is 0 Å². The van der Waals surface area contributed by atoms with Crippen LogP contribution in [0.25, 0.3) is 0 Å². The Morgan fingerprint density at radius 2 is 2.14 bits per heavy atom. The van der Waals surface area contributed by atoms with Gasteiger partial charge in [0.1, 0.15) is 5.75 Å². The topological polar surface area (TPSA) is 92.8 Å². The second kappa shape index (κ2) is 4.08. The molecule has 0 bridgehead atoms. The van der Waals surface area contributed by atoms with Crippen molar-refractivity contribution >= 4 is 18.3 Å². The lowest BCUT2D eigenvalue weighted by Gasteiger charge is -2.04. The number of ether oxygens (including phenoxy) is 1. The molecule has 0 aromatic heterocycles. The highest BCUT2D eigenvalue weighted by atomic mass is 16.6. The zero-order valence-corrected chi connectivity index (χ0v) is 7.38. The Kier molecular flexibility index (Phi) is 3.05. The maximum atomic E-state index is 10.5. The van der Waals surface area contributed by atoms with Crippen LogP contribution in [0.1, 0.15) is 0 Å². The molecule has 0 heterocycles. The molecule has 1 rings (SSSR count). The third kappa shape index (κ3) is 2.01. The molecule has 0 saturated carbocycles. The summed E-state index contributed by atoms with van der Waals surface area (Å²) >= 11 is 0. The van der Waals surface area contributed by atoms with Crippen molar-refractivity contribution < 1.29 is 19.7 Å². The van der Waals surface area contributed by atoms with Gasteiger partial charge in [-0.2, -0.15) is 0 Å². The summed E-state index contributed by atoms with van der Waals surface area (Å²) in [4.78, 5) is 9.78. The summed E-state index contributed by atoms with van der Waals surface area (Å²) in [7, 11) is -0.500. The van der Waals surface area contributed by atoms with Gasteiger partial charge in [0.05, 0.1) is 17.5 Å². The van der Waals surface area contributed by atoms with Crippen LogP contribution < -0.4 is 10.2 Å². The van der Waals surface area contributed by atoms with E-state index >= 15 is 0 Å². The van der Waals surface area contributed by atoms with Crippen LogP contribution in [0.3, 0.4) is 0 Å². The van der Waals surface area contributed by atoms with Gasteiger partial charge in [0.25, 0.3) is 5.69 Å². The highest BCUT2D eigenvalue weighted by Gasteiger charge is 2.24. The summed E-state index contributed by atoms with van der Waals surface area (Å²) in [5.41, 5.74) is -0.532. The predicted molar refractivity (Wildman–Crippen MR) is 49.5 cm³/mol. The molecule has 0 radical (unpaired) electrons. The van der Waals surface area contributed by atoms with Crippen molar-refractivity contribution in [1.29, 1.82) is 0 Å². The molecule has 0 amide bonds. The van der Waals surface area contributed by atoms with E-state index in [9.17, 15) is 10.1 Å². The molecule has 7 heteroatoms. The van der Waals surface area contributed by atoms with Gasteiger partial charge in [0.2, 0.25) is 0 Å². The van der Waals surface area contributed by atoms with Crippen molar-refractivity contribution in [1.82, 2.24) is 0 Å². The van der Waals surface area contributed by atoms with Gasteiger partial charge in [-0.05, 0) is 12.1 Å². The van der Waals surface area contributed by atoms with Gasteiger partial charge in [-0.15, -0.1) is 0 Å². The first kappa shape index (κ1) is 10.5. The number of nitrogens with zero attached hydrogens (tertiary/aromatic N) is 1. The van der Waals surface area contributed by atoms with Gasteiger partial charge in [0.15, 0.2) is 0 Å². The Bertz CT molecular complexity index is 354. The molecule has 6 nitrogen and oxygen atoms in total. The van der Waals surface area contributed by atoms with E-state index in [1.807, 2.05) is 0 Å². The van der Waals surface area contributed by atoms with Crippen LogP contribution in [-0.4, -0.2) is 29.2 Å². The quantitative estimate of drug-likeness (QED) is 0.379. The van der Waals surface area contributed by atoms with Crippen molar-refractivity contribution in [2.24, 2.45) is 0 Å². The van der Waals surface area contributed by atoms with E-state index in [0.29, 0.717) is 5.75 Å². The van der Waals surface area contributed by atoms with Crippen molar-refractivity contribution in [3.63, 3.8) is 0 Å². The molecule has 0 aliphatic rings. The normalized spacial score (nSPS) is 9.64. The average molecular weight is 197 g/mol. The Labute approximate surface area is 80.0 Å². The second-order valence-corrected chi connectivity index (χ2v) is 2.56. The van der Waals surface area contributed by atoms with E-state index in [0.717, 1.165) is 6.07 Å². The maximum absolute atomic E-state index is 10.5. The fraction of sp³-hybridized carbons (Fsp3) is 0.143. The summed E-state index contributed by atoms with van der Waals surface area (Å²) < 4.78 is 4.79. The molecular formula is C7H8BNO5. The summed E-state index contributed by atoms with van der Waals surface area (Å²) in [6.45, 7) is 0. The molecule has 1 aromatic carbocycles. The minimum atomic E-state index is -1.88. The average Bonchev–Trinajstić information content (AvgIpc) is 2.16. The van der Waals surface area contributed by atoms with E-state index in [4.69, 9.17) is 14.8 Å². The number of hydrogen-bond donors (Lipinski definition) is 2. The number of methoxy groups -OCH3 is 1. The number of nitro groups is 1. The van der Waals surface area contributed by atoms with E-state index < -0.39 is 12.0 Å². The Hall–Kier alpha value is -1.60. The molecule has 0 fully saturated rings. The van der Waals surface area contributed by atoms with Crippen LogP contribution in [0, 0.1) is 10.1 Å². The molecule has 1 aromatic rings. The van der Waals surface area contributed by atoms with Gasteiger partial charge < -0.3 is 14.8 Å². The van der Waals surface area contributed by atoms with Crippen LogP contribution in [0.5, 0.6) is 5.75 Å². The third-order valence-corrected chi connectivity index (χ3v) is 1.71. The van der Waals surface area contributed by atoms with E-state index in [1.54, 1.807) is 0 Å². The lowest BCUT2D eigenvalue weighted by atomic mass is 9.79. The lowest BCUT2D eigenvalue weighted by molar-refractivity contribution is -0.383. The number of nitro benzene ring substituents is 1. The standard InChI is InChI=1S/C7H8BNO5/c1-14-5-2-3-7(9(12)13)6(4-5)8(10)11/h2-4,10-11H,1H3. The largest absolute Gasteiger partial charge is 0.497 e. The zero-order chi connectivity index (χ0) is 10.7. The molecule has 0 aliphatic carbocycles. The van der Waals surface area contributed by atoms with Gasteiger partial charge in [-0.1, -0.05) is 0 Å². The Morgan fingerprint density at radius 3 is 2.57 bits per heavy atom. The SMILES string of the molecule is COc1ccc([N+](=O)[O-])c(B(O)O)c1. The van der Waals surface area contributed by atoms with Gasteiger partial charge >= 0.3 is 7.12 Å². The van der Waals surface area contributed by atoms with E-state index in [-0.39, 0.29) is 11.2 Å². The summed E-state index contributed by atoms with van der Waals surface area (Å²) in [5.74, 6) is 0.332. The monoisotopic (exact) mass is 197 g/mol. The van der Waals surface area contributed by atoms with Crippen LogP contribution >= 0.6 is 0 Å².